The Morgan fingerprint density at radius 1 is 1.20 bits per heavy atom. The number of guanidine groups is 2. The number of Topliss-reactive ketones (excluding diaryl/α,β-unsaturated/α-hetero) is 1. The van der Waals surface area contributed by atoms with Crippen LogP contribution in [0.4, 0.5) is 0 Å². The topological polar surface area (TPSA) is 98.8 Å². The molecule has 0 bridgehead atoms. The Bertz CT molecular complexity index is 969. The number of benzene rings is 1. The Kier molecular flexibility index (Phi) is 4.97. The monoisotopic (exact) mass is 425 g/mol. The summed E-state index contributed by atoms with van der Waals surface area (Å²) in [6.45, 7) is 4.58. The van der Waals surface area contributed by atoms with Gasteiger partial charge in [-0.2, -0.15) is 4.99 Å². The molecule has 4 aliphatic heterocycles. The Labute approximate surface area is 179 Å². The largest absolute Gasteiger partial charge is 0.392 e. The maximum atomic E-state index is 13.3. The van der Waals surface area contributed by atoms with E-state index in [0.29, 0.717) is 44.5 Å². The average Bonchev–Trinajstić information content (AvgIpc) is 3.17. The van der Waals surface area contributed by atoms with Crippen LogP contribution in [-0.4, -0.2) is 82.9 Å². The van der Waals surface area contributed by atoms with Crippen molar-refractivity contribution in [3.05, 3.63) is 47.2 Å². The number of fused-ring (bicyclic) bond motifs is 1. The summed E-state index contributed by atoms with van der Waals surface area (Å²) in [4.78, 5) is 26.8. The lowest BCUT2D eigenvalue weighted by Gasteiger charge is -2.38. The van der Waals surface area contributed by atoms with Gasteiger partial charge >= 0.3 is 0 Å². The van der Waals surface area contributed by atoms with Gasteiger partial charge in [-0.1, -0.05) is 42.5 Å². The first-order valence-corrected chi connectivity index (χ1v) is 10.4. The highest BCUT2D eigenvalue weighted by molar-refractivity contribution is 7.80. The van der Waals surface area contributed by atoms with Crippen LogP contribution >= 0.6 is 12.2 Å². The first kappa shape index (κ1) is 19.2. The number of thiocarbonyl (C=S) groups is 1. The van der Waals surface area contributed by atoms with E-state index in [1.807, 2.05) is 40.2 Å². The van der Waals surface area contributed by atoms with E-state index in [9.17, 15) is 4.79 Å². The molecule has 1 aromatic rings. The highest BCUT2D eigenvalue weighted by Gasteiger charge is 2.41. The Morgan fingerprint density at radius 2 is 1.97 bits per heavy atom. The van der Waals surface area contributed by atoms with Crippen LogP contribution in [0.5, 0.6) is 0 Å². The number of aliphatic imine (C=N–C) groups is 2. The molecule has 1 unspecified atom stereocenters. The van der Waals surface area contributed by atoms with Gasteiger partial charge < -0.3 is 15.4 Å². The van der Waals surface area contributed by atoms with E-state index in [4.69, 9.17) is 22.7 Å². The van der Waals surface area contributed by atoms with Gasteiger partial charge in [0.15, 0.2) is 0 Å². The van der Waals surface area contributed by atoms with E-state index in [1.54, 1.807) is 0 Å². The van der Waals surface area contributed by atoms with E-state index < -0.39 is 6.04 Å². The van der Waals surface area contributed by atoms with Gasteiger partial charge in [-0.25, -0.2) is 10.0 Å². The molecule has 30 heavy (non-hydrogen) atoms. The van der Waals surface area contributed by atoms with Crippen LogP contribution in [0, 0.1) is 0 Å². The molecule has 1 atom stereocenters. The molecule has 3 N–H and O–H groups in total. The van der Waals surface area contributed by atoms with E-state index in [2.05, 4.69) is 20.3 Å². The van der Waals surface area contributed by atoms with Crippen molar-refractivity contribution in [3.63, 3.8) is 0 Å². The van der Waals surface area contributed by atoms with Crippen LogP contribution in [0.25, 0.3) is 0 Å². The van der Waals surface area contributed by atoms with E-state index in [0.717, 1.165) is 30.2 Å². The molecule has 9 nitrogen and oxygen atoms in total. The normalized spacial score (nSPS) is 24.1. The molecular formula is C20H23N7O2S. The molecule has 1 aromatic carbocycles. The minimum absolute atomic E-state index is 0.151. The van der Waals surface area contributed by atoms with Gasteiger partial charge in [0.25, 0.3) is 0 Å². The molecule has 0 spiro atoms. The maximum Gasteiger partial charge on any atom is 0.248 e. The van der Waals surface area contributed by atoms with Gasteiger partial charge in [-0.3, -0.25) is 15.1 Å². The van der Waals surface area contributed by atoms with E-state index in [-0.39, 0.29) is 10.8 Å². The summed E-state index contributed by atoms with van der Waals surface area (Å²) in [5, 5.41) is 1.89. The molecule has 10 heteroatoms. The number of ketones is 1. The van der Waals surface area contributed by atoms with Crippen molar-refractivity contribution in [2.45, 2.75) is 12.6 Å². The Morgan fingerprint density at radius 3 is 2.70 bits per heavy atom. The molecular weight excluding hydrogens is 402 g/mol. The molecule has 0 aliphatic carbocycles. The van der Waals surface area contributed by atoms with Crippen molar-refractivity contribution >= 4 is 34.9 Å². The Hall–Kier alpha value is -2.82. The molecule has 5 rings (SSSR count). The number of morpholine rings is 1. The zero-order valence-corrected chi connectivity index (χ0v) is 17.3. The van der Waals surface area contributed by atoms with Gasteiger partial charge in [0.05, 0.1) is 24.7 Å². The first-order chi connectivity index (χ1) is 14.6. The van der Waals surface area contributed by atoms with Crippen LogP contribution in [0.2, 0.25) is 0 Å². The van der Waals surface area contributed by atoms with Gasteiger partial charge in [-0.15, -0.1) is 0 Å². The van der Waals surface area contributed by atoms with Crippen molar-refractivity contribution in [1.82, 2.24) is 20.2 Å². The van der Waals surface area contributed by atoms with E-state index >= 15 is 0 Å². The summed E-state index contributed by atoms with van der Waals surface area (Å²) >= 11 is 5.25. The highest BCUT2D eigenvalue weighted by Crippen LogP contribution is 2.28. The number of carbonyl (C=O) groups excluding carboxylic acids is 1. The average molecular weight is 426 g/mol. The smallest absolute Gasteiger partial charge is 0.248 e. The van der Waals surface area contributed by atoms with Crippen molar-refractivity contribution in [2.75, 3.05) is 39.4 Å². The Balaban J connectivity index is 1.41. The number of nitrogens with one attached hydrogen (secondary N) is 1. The van der Waals surface area contributed by atoms with Crippen molar-refractivity contribution < 1.29 is 9.53 Å². The van der Waals surface area contributed by atoms with Crippen LogP contribution < -0.4 is 11.2 Å². The number of hydrogen-bond acceptors (Lipinski definition) is 9. The fourth-order valence-electron chi connectivity index (χ4n) is 4.17. The number of nitrogens with two attached hydrogens (primary N) is 1. The zero-order chi connectivity index (χ0) is 20.7. The summed E-state index contributed by atoms with van der Waals surface area (Å²) < 4.78 is 5.41. The molecule has 4 aliphatic rings. The third-order valence-corrected chi connectivity index (χ3v) is 5.85. The maximum absolute atomic E-state index is 13.3. The molecule has 0 amide bonds. The molecule has 0 radical (unpaired) electrons. The SMILES string of the molecule is NC(=S)C1C(=O)C2=C(CN3NC(N4CCOCC4)=NC3=N2)CN1Cc1ccccc1. The summed E-state index contributed by atoms with van der Waals surface area (Å²) in [5.74, 6) is 1.10. The number of nitrogens with zero attached hydrogens (tertiary/aromatic N) is 5. The van der Waals surface area contributed by atoms with Crippen LogP contribution in [0.1, 0.15) is 5.56 Å². The fourth-order valence-corrected chi connectivity index (χ4v) is 4.42. The second-order valence-electron chi connectivity index (χ2n) is 7.66. The number of ether oxygens (including phenoxy) is 1. The third kappa shape index (κ3) is 3.47. The molecule has 0 aromatic heterocycles. The number of hydrazine groups is 1. The van der Waals surface area contributed by atoms with Gasteiger partial charge in [0.1, 0.15) is 11.7 Å². The van der Waals surface area contributed by atoms with Gasteiger partial charge in [0.2, 0.25) is 17.7 Å². The summed E-state index contributed by atoms with van der Waals surface area (Å²) in [6.07, 6.45) is 0. The molecule has 1 fully saturated rings. The van der Waals surface area contributed by atoms with Crippen molar-refractivity contribution in [1.29, 1.82) is 0 Å². The second kappa shape index (κ2) is 7.78. The van der Waals surface area contributed by atoms with Crippen LogP contribution in [-0.2, 0) is 16.1 Å². The number of rotatable bonds is 3. The third-order valence-electron chi connectivity index (χ3n) is 5.63. The molecule has 156 valence electrons. The lowest BCUT2D eigenvalue weighted by molar-refractivity contribution is -0.119. The van der Waals surface area contributed by atoms with Gasteiger partial charge in [-0.05, 0) is 11.1 Å². The number of hydrogen-bond donors (Lipinski definition) is 2. The zero-order valence-electron chi connectivity index (χ0n) is 16.5. The number of carbonyl (C=O) groups is 1. The van der Waals surface area contributed by atoms with E-state index in [1.165, 1.54) is 0 Å². The molecule has 4 heterocycles. The van der Waals surface area contributed by atoms with Crippen molar-refractivity contribution in [3.8, 4) is 0 Å². The lowest BCUT2D eigenvalue weighted by Crippen LogP contribution is -2.56. The van der Waals surface area contributed by atoms with Crippen molar-refractivity contribution in [2.24, 2.45) is 15.7 Å². The fraction of sp³-hybridized carbons (Fsp3) is 0.400. The minimum Gasteiger partial charge on any atom is -0.392 e. The first-order valence-electron chi connectivity index (χ1n) is 9.98. The highest BCUT2D eigenvalue weighted by atomic mass is 32.1. The standard InChI is InChI=1S/C20H23N7O2S/c21-18(30)16-17(28)15-14(11-26(16)10-13-4-2-1-3-5-13)12-27-19(22-15)23-20(24-27)25-6-8-29-9-7-25/h1-5,16H,6-12H2,(H2,21,30)(H,22,23,24). The second-order valence-corrected chi connectivity index (χ2v) is 8.13. The predicted molar refractivity (Wildman–Crippen MR) is 117 cm³/mol. The summed E-state index contributed by atoms with van der Waals surface area (Å²) in [7, 11) is 0. The van der Waals surface area contributed by atoms with Gasteiger partial charge in [0, 0.05) is 26.2 Å². The lowest BCUT2D eigenvalue weighted by atomic mass is 9.96. The molecule has 1 saturated heterocycles. The van der Waals surface area contributed by atoms with Crippen LogP contribution in [0.15, 0.2) is 51.6 Å². The quantitative estimate of drug-likeness (QED) is 0.646. The minimum atomic E-state index is -0.660. The summed E-state index contributed by atoms with van der Waals surface area (Å²) in [6, 6.07) is 9.35. The summed E-state index contributed by atoms with van der Waals surface area (Å²) in [5.41, 5.74) is 11.8. The van der Waals surface area contributed by atoms with Crippen LogP contribution in [0.3, 0.4) is 0 Å². The predicted octanol–water partition coefficient (Wildman–Crippen LogP) is -0.142. The molecule has 0 saturated carbocycles.